The fourth-order valence-electron chi connectivity index (χ4n) is 2.53. The van der Waals surface area contributed by atoms with E-state index in [1.165, 1.54) is 17.2 Å². The van der Waals surface area contributed by atoms with Crippen molar-refractivity contribution in [1.29, 1.82) is 0 Å². The molecule has 0 aliphatic carbocycles. The van der Waals surface area contributed by atoms with Crippen LogP contribution < -0.4 is 4.90 Å². The molecule has 5 nitrogen and oxygen atoms in total. The van der Waals surface area contributed by atoms with Crippen molar-refractivity contribution in [3.63, 3.8) is 0 Å². The third kappa shape index (κ3) is 3.61. The molecule has 0 amide bonds. The van der Waals surface area contributed by atoms with Gasteiger partial charge in [0.2, 0.25) is 5.82 Å². The molecule has 1 atom stereocenters. The average molecular weight is 299 g/mol. The first-order valence-corrected chi connectivity index (χ1v) is 7.40. The summed E-state index contributed by atoms with van der Waals surface area (Å²) in [5.74, 6) is 0.423. The van der Waals surface area contributed by atoms with Gasteiger partial charge >= 0.3 is 5.69 Å². The van der Waals surface area contributed by atoms with E-state index in [1.54, 1.807) is 12.3 Å². The number of anilines is 1. The maximum atomic E-state index is 11.2. The van der Waals surface area contributed by atoms with Crippen molar-refractivity contribution in [2.75, 3.05) is 11.9 Å². The number of likely N-dealkylation sites (N-methyl/N-ethyl adjacent to an activating group) is 1. The van der Waals surface area contributed by atoms with Gasteiger partial charge in [-0.15, -0.1) is 0 Å². The zero-order valence-corrected chi connectivity index (χ0v) is 13.2. The van der Waals surface area contributed by atoms with Crippen LogP contribution in [0.1, 0.15) is 24.5 Å². The van der Waals surface area contributed by atoms with Gasteiger partial charge in [0.15, 0.2) is 0 Å². The Morgan fingerprint density at radius 2 is 1.95 bits per heavy atom. The predicted octanol–water partition coefficient (Wildman–Crippen LogP) is 3.76. The molecule has 0 unspecified atom stereocenters. The normalized spacial score (nSPS) is 12.0. The molecule has 0 aliphatic heterocycles. The Labute approximate surface area is 130 Å². The first-order chi connectivity index (χ1) is 10.5. The number of rotatable bonds is 6. The Kier molecular flexibility index (Phi) is 5.09. The van der Waals surface area contributed by atoms with Gasteiger partial charge in [-0.05, 0) is 31.4 Å². The number of hydrogen-bond acceptors (Lipinski definition) is 4. The highest BCUT2D eigenvalue weighted by Gasteiger charge is 2.23. The van der Waals surface area contributed by atoms with Crippen LogP contribution in [0.15, 0.2) is 42.6 Å². The third-order valence-corrected chi connectivity index (χ3v) is 3.91. The lowest BCUT2D eigenvalue weighted by Crippen LogP contribution is -2.34. The van der Waals surface area contributed by atoms with Gasteiger partial charge < -0.3 is 4.90 Å². The lowest BCUT2D eigenvalue weighted by molar-refractivity contribution is -0.384. The van der Waals surface area contributed by atoms with Crippen LogP contribution in [-0.2, 0) is 6.42 Å². The zero-order chi connectivity index (χ0) is 16.1. The molecule has 0 saturated carbocycles. The van der Waals surface area contributed by atoms with E-state index in [-0.39, 0.29) is 16.7 Å². The number of nitro groups is 1. The van der Waals surface area contributed by atoms with Crippen LogP contribution in [0.4, 0.5) is 11.5 Å². The molecular formula is C17H21N3O2. The highest BCUT2D eigenvalue weighted by atomic mass is 16.6. The largest absolute Gasteiger partial charge is 0.351 e. The second-order valence-corrected chi connectivity index (χ2v) is 5.47. The van der Waals surface area contributed by atoms with Crippen LogP contribution in [0.5, 0.6) is 0 Å². The summed E-state index contributed by atoms with van der Waals surface area (Å²) < 4.78 is 0. The third-order valence-electron chi connectivity index (χ3n) is 3.91. The van der Waals surface area contributed by atoms with E-state index in [1.807, 2.05) is 11.9 Å². The van der Waals surface area contributed by atoms with E-state index in [9.17, 15) is 10.1 Å². The zero-order valence-electron chi connectivity index (χ0n) is 13.2. The van der Waals surface area contributed by atoms with Gasteiger partial charge in [0.05, 0.1) is 4.92 Å². The van der Waals surface area contributed by atoms with Crippen LogP contribution in [0.2, 0.25) is 0 Å². The van der Waals surface area contributed by atoms with Crippen molar-refractivity contribution >= 4 is 11.5 Å². The molecule has 1 aromatic heterocycles. The van der Waals surface area contributed by atoms with Crippen LogP contribution in [0.3, 0.4) is 0 Å². The average Bonchev–Trinajstić information content (AvgIpc) is 2.53. The standard InChI is InChI=1S/C17H21N3O2/c1-4-15(12-14-9-7-13(2)8-10-14)19(3)17-16(20(21)22)6-5-11-18-17/h5-11,15H,4,12H2,1-3H3/t15-/m1/s1. The smallest absolute Gasteiger partial charge is 0.311 e. The molecule has 0 saturated heterocycles. The van der Waals surface area contributed by atoms with E-state index in [0.717, 1.165) is 12.8 Å². The first kappa shape index (κ1) is 15.9. The number of pyridine rings is 1. The summed E-state index contributed by atoms with van der Waals surface area (Å²) in [4.78, 5) is 16.9. The number of aromatic nitrogens is 1. The van der Waals surface area contributed by atoms with Crippen LogP contribution in [0, 0.1) is 17.0 Å². The number of benzene rings is 1. The van der Waals surface area contributed by atoms with E-state index in [4.69, 9.17) is 0 Å². The molecule has 2 aromatic rings. The molecular weight excluding hydrogens is 278 g/mol. The molecule has 0 N–H and O–H groups in total. The monoisotopic (exact) mass is 299 g/mol. The SMILES string of the molecule is CC[C@H](Cc1ccc(C)cc1)N(C)c1ncccc1[N+](=O)[O-]. The quantitative estimate of drug-likeness (QED) is 0.602. The minimum Gasteiger partial charge on any atom is -0.351 e. The minimum atomic E-state index is -0.378. The fourth-order valence-corrected chi connectivity index (χ4v) is 2.53. The van der Waals surface area contributed by atoms with Crippen LogP contribution in [0.25, 0.3) is 0 Å². The molecule has 0 radical (unpaired) electrons. The van der Waals surface area contributed by atoms with Gasteiger partial charge in [-0.2, -0.15) is 0 Å². The van der Waals surface area contributed by atoms with Gasteiger partial charge in [-0.1, -0.05) is 36.8 Å². The van der Waals surface area contributed by atoms with E-state index in [2.05, 4.69) is 43.1 Å². The van der Waals surface area contributed by atoms with Gasteiger partial charge in [0.25, 0.3) is 0 Å². The summed E-state index contributed by atoms with van der Waals surface area (Å²) >= 11 is 0. The molecule has 22 heavy (non-hydrogen) atoms. The van der Waals surface area contributed by atoms with Gasteiger partial charge in [-0.25, -0.2) is 4.98 Å². The highest BCUT2D eigenvalue weighted by Crippen LogP contribution is 2.27. The van der Waals surface area contributed by atoms with Crippen LogP contribution >= 0.6 is 0 Å². The molecule has 5 heteroatoms. The van der Waals surface area contributed by atoms with Gasteiger partial charge in [-0.3, -0.25) is 10.1 Å². The topological polar surface area (TPSA) is 59.3 Å². The maximum Gasteiger partial charge on any atom is 0.311 e. The fraction of sp³-hybridized carbons (Fsp3) is 0.353. The predicted molar refractivity (Wildman–Crippen MR) is 88.3 cm³/mol. The Morgan fingerprint density at radius 3 is 2.55 bits per heavy atom. The van der Waals surface area contributed by atoms with E-state index in [0.29, 0.717) is 5.82 Å². The Bertz CT molecular complexity index is 641. The summed E-state index contributed by atoms with van der Waals surface area (Å²) in [5, 5.41) is 11.2. The molecule has 2 rings (SSSR count). The summed E-state index contributed by atoms with van der Waals surface area (Å²) in [7, 11) is 1.87. The van der Waals surface area contributed by atoms with Crippen molar-refractivity contribution in [1.82, 2.24) is 4.98 Å². The van der Waals surface area contributed by atoms with Gasteiger partial charge in [0.1, 0.15) is 0 Å². The number of nitrogens with zero attached hydrogens (tertiary/aromatic N) is 3. The maximum absolute atomic E-state index is 11.2. The summed E-state index contributed by atoms with van der Waals surface area (Å²) in [6, 6.07) is 11.7. The Morgan fingerprint density at radius 1 is 1.27 bits per heavy atom. The minimum absolute atomic E-state index is 0.0485. The lowest BCUT2D eigenvalue weighted by atomic mass is 10.0. The van der Waals surface area contributed by atoms with E-state index >= 15 is 0 Å². The van der Waals surface area contributed by atoms with Crippen molar-refractivity contribution in [2.24, 2.45) is 0 Å². The van der Waals surface area contributed by atoms with Crippen molar-refractivity contribution in [3.05, 3.63) is 63.8 Å². The lowest BCUT2D eigenvalue weighted by Gasteiger charge is -2.28. The molecule has 1 heterocycles. The van der Waals surface area contributed by atoms with Crippen molar-refractivity contribution in [2.45, 2.75) is 32.7 Å². The second kappa shape index (κ2) is 7.02. The molecule has 1 aromatic carbocycles. The molecule has 0 aliphatic rings. The molecule has 0 spiro atoms. The number of aryl methyl sites for hydroxylation is 1. The molecule has 0 fully saturated rings. The van der Waals surface area contributed by atoms with Crippen LogP contribution in [-0.4, -0.2) is 23.0 Å². The van der Waals surface area contributed by atoms with E-state index < -0.39 is 0 Å². The van der Waals surface area contributed by atoms with Gasteiger partial charge in [0, 0.05) is 25.4 Å². The van der Waals surface area contributed by atoms with Crippen molar-refractivity contribution < 1.29 is 4.92 Å². The molecule has 116 valence electrons. The number of hydrogen-bond donors (Lipinski definition) is 0. The highest BCUT2D eigenvalue weighted by molar-refractivity contribution is 5.57. The molecule has 0 bridgehead atoms. The summed E-state index contributed by atoms with van der Waals surface area (Å²) in [6.45, 7) is 4.15. The summed E-state index contributed by atoms with van der Waals surface area (Å²) in [6.07, 6.45) is 3.32. The first-order valence-electron chi connectivity index (χ1n) is 7.40. The Balaban J connectivity index is 2.23. The summed E-state index contributed by atoms with van der Waals surface area (Å²) in [5.41, 5.74) is 2.50. The Hall–Kier alpha value is -2.43. The second-order valence-electron chi connectivity index (χ2n) is 5.47. The van der Waals surface area contributed by atoms with Crippen molar-refractivity contribution in [3.8, 4) is 0 Å².